The van der Waals surface area contributed by atoms with E-state index in [-0.39, 0.29) is 51.4 Å². The minimum atomic E-state index is -0.925. The average Bonchev–Trinajstić information content (AvgIpc) is 3.20. The van der Waals surface area contributed by atoms with E-state index < -0.39 is 57.9 Å². The van der Waals surface area contributed by atoms with E-state index in [0.717, 1.165) is 57.1 Å². The Balaban J connectivity index is 6.58. The number of hydrogen-bond donors (Lipinski definition) is 0. The lowest BCUT2D eigenvalue weighted by molar-refractivity contribution is -0.162. The molecule has 5 atom stereocenters. The zero-order chi connectivity index (χ0) is 46.1. The monoisotopic (exact) mass is 914 g/mol. The predicted octanol–water partition coefficient (Wildman–Crippen LogP) is 13.8. The molecule has 0 saturated heterocycles. The van der Waals surface area contributed by atoms with Crippen molar-refractivity contribution < 1.29 is 38.1 Å². The first kappa shape index (κ1) is 59.2. The molecule has 0 aliphatic rings. The van der Waals surface area contributed by atoms with Crippen LogP contribution in [-0.4, -0.2) is 63.8 Å². The Morgan fingerprint density at radius 3 is 1.62 bits per heavy atom. The molecule has 0 amide bonds. The summed E-state index contributed by atoms with van der Waals surface area (Å²) < 4.78 is 24.0. The molecule has 0 aromatic rings. The molecule has 0 saturated carbocycles. The van der Waals surface area contributed by atoms with Gasteiger partial charge in [0.25, 0.3) is 0 Å². The molecule has 0 fully saturated rings. The molecule has 0 radical (unpaired) electrons. The molecular formula is C49H87NO8S3. The fourth-order valence-corrected chi connectivity index (χ4v) is 9.69. The number of ether oxygens (including phenoxy) is 4. The SMILES string of the molecule is CCCCCCCCCCCCSC(=S)SC(CC(CC(CC(CC(C)(C)C#N)C(=O)OCCCC)C(=O)OCC(CC)CCCC)C(=O)OC(C)(C)C)C(=O)OCCCC. The number of unbranched alkanes of at least 4 members (excludes halogenated alkanes) is 12. The first-order valence-electron chi connectivity index (χ1n) is 23.9. The Hall–Kier alpha value is -1.84. The van der Waals surface area contributed by atoms with Crippen molar-refractivity contribution in [2.75, 3.05) is 25.6 Å². The van der Waals surface area contributed by atoms with Crippen LogP contribution < -0.4 is 0 Å². The van der Waals surface area contributed by atoms with Crippen molar-refractivity contribution in [3.05, 3.63) is 0 Å². The normalized spacial score (nSPS) is 14.2. The van der Waals surface area contributed by atoms with Crippen molar-refractivity contribution in [2.45, 2.75) is 221 Å². The third-order valence-corrected chi connectivity index (χ3v) is 13.7. The van der Waals surface area contributed by atoms with Crippen LogP contribution >= 0.6 is 35.7 Å². The molecule has 0 heterocycles. The number of nitrogens with zero attached hydrogens (tertiary/aromatic N) is 1. The van der Waals surface area contributed by atoms with Crippen molar-refractivity contribution >= 4 is 63.1 Å². The van der Waals surface area contributed by atoms with E-state index in [4.69, 9.17) is 31.2 Å². The van der Waals surface area contributed by atoms with Gasteiger partial charge in [0.05, 0.1) is 49.1 Å². The number of hydrogen-bond acceptors (Lipinski definition) is 12. The van der Waals surface area contributed by atoms with Gasteiger partial charge in [0.2, 0.25) is 0 Å². The van der Waals surface area contributed by atoms with Gasteiger partial charge < -0.3 is 18.9 Å². The molecule has 0 spiro atoms. The number of rotatable bonds is 36. The molecule has 0 aliphatic carbocycles. The lowest BCUT2D eigenvalue weighted by atomic mass is 9.78. The van der Waals surface area contributed by atoms with Crippen LogP contribution in [0, 0.1) is 40.4 Å². The van der Waals surface area contributed by atoms with Gasteiger partial charge in [0.15, 0.2) is 0 Å². The molecule has 5 unspecified atom stereocenters. The second kappa shape index (κ2) is 35.5. The average molecular weight is 914 g/mol. The summed E-state index contributed by atoms with van der Waals surface area (Å²) in [7, 11) is 0. The van der Waals surface area contributed by atoms with Gasteiger partial charge in [-0.1, -0.05) is 148 Å². The lowest BCUT2D eigenvalue weighted by Crippen LogP contribution is -2.36. The van der Waals surface area contributed by atoms with E-state index in [2.05, 4.69) is 26.8 Å². The molecule has 354 valence electrons. The van der Waals surface area contributed by atoms with Crippen LogP contribution in [0.3, 0.4) is 0 Å². The number of carbonyl (C=O) groups excluding carboxylic acids is 4. The summed E-state index contributed by atoms with van der Waals surface area (Å²) in [4.78, 5) is 56.0. The molecular weight excluding hydrogens is 827 g/mol. The molecule has 0 bridgehead atoms. The fraction of sp³-hybridized carbons (Fsp3) is 0.878. The van der Waals surface area contributed by atoms with Crippen molar-refractivity contribution in [3.63, 3.8) is 0 Å². The first-order chi connectivity index (χ1) is 29.0. The summed E-state index contributed by atoms with van der Waals surface area (Å²) in [6.45, 7) is 20.1. The topological polar surface area (TPSA) is 129 Å². The zero-order valence-corrected chi connectivity index (χ0v) is 42.7. The van der Waals surface area contributed by atoms with Gasteiger partial charge in [-0.3, -0.25) is 19.2 Å². The molecule has 0 N–H and O–H groups in total. The van der Waals surface area contributed by atoms with Crippen LogP contribution in [0.5, 0.6) is 0 Å². The van der Waals surface area contributed by atoms with Gasteiger partial charge in [-0.05, 0) is 97.7 Å². The summed E-state index contributed by atoms with van der Waals surface area (Å²) in [5, 5.41) is 9.17. The van der Waals surface area contributed by atoms with Gasteiger partial charge in [-0.25, -0.2) is 0 Å². The fourth-order valence-electron chi connectivity index (χ4n) is 6.98. The minimum absolute atomic E-state index is 0.0197. The molecule has 0 rings (SSSR count). The highest BCUT2D eigenvalue weighted by atomic mass is 32.2. The highest BCUT2D eigenvalue weighted by Gasteiger charge is 2.40. The maximum absolute atomic E-state index is 14.3. The Morgan fingerprint density at radius 1 is 0.607 bits per heavy atom. The Bertz CT molecular complexity index is 1260. The number of thiocarbonyl (C=S) groups is 1. The van der Waals surface area contributed by atoms with E-state index in [0.29, 0.717) is 16.4 Å². The Labute approximate surface area is 386 Å². The summed E-state index contributed by atoms with van der Waals surface area (Å²) in [6.07, 6.45) is 19.5. The van der Waals surface area contributed by atoms with E-state index in [1.807, 2.05) is 13.8 Å². The molecule has 0 aliphatic heterocycles. The second-order valence-electron chi connectivity index (χ2n) is 18.5. The van der Waals surface area contributed by atoms with Crippen molar-refractivity contribution in [2.24, 2.45) is 29.1 Å². The smallest absolute Gasteiger partial charge is 0.319 e. The second-order valence-corrected chi connectivity index (χ2v) is 22.0. The Kier molecular flexibility index (Phi) is 34.4. The van der Waals surface area contributed by atoms with Crippen molar-refractivity contribution in [1.82, 2.24) is 0 Å². The highest BCUT2D eigenvalue weighted by Crippen LogP contribution is 2.36. The van der Waals surface area contributed by atoms with Gasteiger partial charge in [-0.2, -0.15) is 5.26 Å². The van der Waals surface area contributed by atoms with E-state index in [1.54, 1.807) is 46.4 Å². The number of esters is 4. The molecule has 0 aromatic carbocycles. The van der Waals surface area contributed by atoms with E-state index in [9.17, 15) is 24.4 Å². The molecule has 12 heteroatoms. The predicted molar refractivity (Wildman–Crippen MR) is 258 cm³/mol. The maximum Gasteiger partial charge on any atom is 0.319 e. The van der Waals surface area contributed by atoms with E-state index in [1.165, 1.54) is 63.1 Å². The number of nitriles is 1. The van der Waals surface area contributed by atoms with Crippen LogP contribution in [0.1, 0.15) is 210 Å². The van der Waals surface area contributed by atoms with Gasteiger partial charge in [0, 0.05) is 0 Å². The van der Waals surface area contributed by atoms with Crippen LogP contribution in [-0.2, 0) is 38.1 Å². The molecule has 0 aromatic heterocycles. The van der Waals surface area contributed by atoms with Gasteiger partial charge >= 0.3 is 23.9 Å². The van der Waals surface area contributed by atoms with Crippen LogP contribution in [0.15, 0.2) is 0 Å². The number of carbonyl (C=O) groups is 4. The van der Waals surface area contributed by atoms with Crippen LogP contribution in [0.4, 0.5) is 0 Å². The quantitative estimate of drug-likeness (QED) is 0.0257. The zero-order valence-electron chi connectivity index (χ0n) is 40.2. The minimum Gasteiger partial charge on any atom is -0.465 e. The standard InChI is InChI=1S/C49H87NO8S3/c1-11-16-20-21-22-23-24-25-26-27-31-60-47(59)61-42(46(54)56-30-19-14-4)34-40(45(53)58-48(6,7)8)32-39(43(51)57-36-38(15-5)28-17-12-2)33-41(35-49(9,10)37-50)44(52)55-29-18-13-3/h38-42H,11-36H2,1-10H3. The molecule has 61 heavy (non-hydrogen) atoms. The third-order valence-electron chi connectivity index (χ3n) is 10.8. The largest absolute Gasteiger partial charge is 0.465 e. The van der Waals surface area contributed by atoms with Crippen molar-refractivity contribution in [1.29, 1.82) is 5.26 Å². The van der Waals surface area contributed by atoms with E-state index >= 15 is 0 Å². The maximum atomic E-state index is 14.3. The lowest BCUT2D eigenvalue weighted by Gasteiger charge is -2.30. The van der Waals surface area contributed by atoms with Crippen LogP contribution in [0.25, 0.3) is 0 Å². The summed E-state index contributed by atoms with van der Waals surface area (Å²) in [5.74, 6) is -3.62. The third kappa shape index (κ3) is 30.8. The summed E-state index contributed by atoms with van der Waals surface area (Å²) >= 11 is 8.63. The van der Waals surface area contributed by atoms with Gasteiger partial charge in [-0.15, -0.1) is 11.8 Å². The number of thioether (sulfide) groups is 2. The van der Waals surface area contributed by atoms with Crippen LogP contribution in [0.2, 0.25) is 0 Å². The molecule has 9 nitrogen and oxygen atoms in total. The first-order valence-corrected chi connectivity index (χ1v) is 26.2. The van der Waals surface area contributed by atoms with Gasteiger partial charge in [0.1, 0.15) is 14.4 Å². The van der Waals surface area contributed by atoms with Crippen molar-refractivity contribution in [3.8, 4) is 6.07 Å². The Morgan fingerprint density at radius 2 is 1.10 bits per heavy atom. The summed E-state index contributed by atoms with van der Waals surface area (Å²) in [6, 6.07) is 2.30. The summed E-state index contributed by atoms with van der Waals surface area (Å²) in [5.41, 5.74) is -1.72. The highest BCUT2D eigenvalue weighted by molar-refractivity contribution is 8.47.